The van der Waals surface area contributed by atoms with E-state index in [4.69, 9.17) is 11.6 Å². The van der Waals surface area contributed by atoms with Crippen molar-refractivity contribution in [2.45, 2.75) is 35.5 Å². The molecule has 1 aliphatic rings. The monoisotopic (exact) mass is 371 g/mol. The first-order valence-corrected chi connectivity index (χ1v) is 8.97. The lowest BCUT2D eigenvalue weighted by Crippen LogP contribution is -2.02. The molecule has 0 aliphatic heterocycles. The second-order valence-corrected chi connectivity index (χ2v) is 6.93. The van der Waals surface area contributed by atoms with E-state index in [1.165, 1.54) is 11.8 Å². The minimum absolute atomic E-state index is 0.430. The molecule has 0 unspecified atom stereocenters. The smallest absolute Gasteiger partial charge is 0.198 e. The lowest BCUT2D eigenvalue weighted by atomic mass is 10.4. The molecule has 0 N–H and O–H groups in total. The number of hydrogen-bond acceptors (Lipinski definition) is 7. The van der Waals surface area contributed by atoms with E-state index in [0.717, 1.165) is 23.7 Å². The van der Waals surface area contributed by atoms with Crippen molar-refractivity contribution in [3.05, 3.63) is 48.3 Å². The van der Waals surface area contributed by atoms with Crippen LogP contribution in [0.15, 0.2) is 47.5 Å². The summed E-state index contributed by atoms with van der Waals surface area (Å²) in [6, 6.07) is 1.74. The van der Waals surface area contributed by atoms with Crippen LogP contribution in [0.4, 0.5) is 0 Å². The maximum Gasteiger partial charge on any atom is 0.198 e. The molecule has 7 nitrogen and oxygen atoms in total. The van der Waals surface area contributed by atoms with Gasteiger partial charge in [-0.15, -0.1) is 16.8 Å². The summed E-state index contributed by atoms with van der Waals surface area (Å²) >= 11 is 7.55. The summed E-state index contributed by atoms with van der Waals surface area (Å²) in [6.07, 6.45) is 8.93. The largest absolute Gasteiger partial charge is 0.296 e. The van der Waals surface area contributed by atoms with Crippen molar-refractivity contribution in [3.63, 3.8) is 0 Å². The highest BCUT2D eigenvalue weighted by molar-refractivity contribution is 7.99. The van der Waals surface area contributed by atoms with E-state index >= 15 is 0 Å². The minimum atomic E-state index is 0.430. The molecule has 9 heteroatoms. The van der Waals surface area contributed by atoms with Gasteiger partial charge >= 0.3 is 0 Å². The van der Waals surface area contributed by atoms with E-state index in [1.807, 2.05) is 4.57 Å². The van der Waals surface area contributed by atoms with Gasteiger partial charge in [-0.2, -0.15) is 0 Å². The van der Waals surface area contributed by atoms with Crippen molar-refractivity contribution in [2.24, 2.45) is 0 Å². The van der Waals surface area contributed by atoms with E-state index in [-0.39, 0.29) is 0 Å². The van der Waals surface area contributed by atoms with Crippen LogP contribution in [0.25, 0.3) is 11.5 Å². The standard InChI is InChI=1S/C16H14ClN7S/c1-2-7-24-15(11-9-18-5-6-19-11)22-23-16(24)25-13-8-12(17)20-14(21-13)10-3-4-10/h2,5-6,8-10H,1,3-4,7H2. The molecule has 0 bridgehead atoms. The zero-order valence-corrected chi connectivity index (χ0v) is 14.8. The molecule has 4 rings (SSSR count). The molecule has 1 saturated carbocycles. The molecule has 25 heavy (non-hydrogen) atoms. The van der Waals surface area contributed by atoms with Crippen molar-refractivity contribution in [3.8, 4) is 11.5 Å². The third-order valence-electron chi connectivity index (χ3n) is 3.65. The fraction of sp³-hybridized carbons (Fsp3) is 0.250. The van der Waals surface area contributed by atoms with E-state index < -0.39 is 0 Å². The summed E-state index contributed by atoms with van der Waals surface area (Å²) in [5.74, 6) is 1.87. The van der Waals surface area contributed by atoms with Crippen LogP contribution in [-0.2, 0) is 6.54 Å². The maximum atomic E-state index is 6.15. The lowest BCUT2D eigenvalue weighted by Gasteiger charge is -2.07. The fourth-order valence-electron chi connectivity index (χ4n) is 2.35. The zero-order chi connectivity index (χ0) is 17.2. The Balaban J connectivity index is 1.69. The minimum Gasteiger partial charge on any atom is -0.296 e. The maximum absolute atomic E-state index is 6.15. The average molecular weight is 372 g/mol. The van der Waals surface area contributed by atoms with E-state index in [9.17, 15) is 0 Å². The van der Waals surface area contributed by atoms with Gasteiger partial charge in [-0.05, 0) is 24.6 Å². The Bertz CT molecular complexity index is 908. The highest BCUT2D eigenvalue weighted by Crippen LogP contribution is 2.39. The van der Waals surface area contributed by atoms with Gasteiger partial charge in [0.05, 0.1) is 6.20 Å². The number of halogens is 1. The van der Waals surface area contributed by atoms with Crippen LogP contribution in [0.3, 0.4) is 0 Å². The van der Waals surface area contributed by atoms with Gasteiger partial charge in [0.2, 0.25) is 0 Å². The molecule has 0 amide bonds. The Kier molecular flexibility index (Phi) is 4.46. The van der Waals surface area contributed by atoms with Crippen molar-refractivity contribution < 1.29 is 0 Å². The van der Waals surface area contributed by atoms with Crippen molar-refractivity contribution in [2.75, 3.05) is 0 Å². The first-order valence-electron chi connectivity index (χ1n) is 7.77. The van der Waals surface area contributed by atoms with Crippen LogP contribution in [0, 0.1) is 0 Å². The van der Waals surface area contributed by atoms with Crippen LogP contribution in [0.2, 0.25) is 5.15 Å². The molecule has 3 heterocycles. The van der Waals surface area contributed by atoms with Gasteiger partial charge < -0.3 is 0 Å². The third-order valence-corrected chi connectivity index (χ3v) is 4.74. The number of aromatic nitrogens is 7. The quantitative estimate of drug-likeness (QED) is 0.485. The second kappa shape index (κ2) is 6.89. The second-order valence-electron chi connectivity index (χ2n) is 5.56. The van der Waals surface area contributed by atoms with E-state index in [1.54, 1.807) is 30.7 Å². The average Bonchev–Trinajstić information content (AvgIpc) is 3.40. The van der Waals surface area contributed by atoms with Crippen LogP contribution >= 0.6 is 23.4 Å². The van der Waals surface area contributed by atoms with Gasteiger partial charge in [0, 0.05) is 30.9 Å². The van der Waals surface area contributed by atoms with Gasteiger partial charge in [-0.1, -0.05) is 17.7 Å². The Morgan fingerprint density at radius 1 is 1.28 bits per heavy atom. The SMILES string of the molecule is C=CCn1c(Sc2cc(Cl)nc(C3CC3)n2)nnc1-c1cnccn1. The molecule has 0 radical (unpaired) electrons. The lowest BCUT2D eigenvalue weighted by molar-refractivity contribution is 0.727. The number of rotatable bonds is 6. The van der Waals surface area contributed by atoms with Gasteiger partial charge in [-0.3, -0.25) is 9.55 Å². The molecule has 126 valence electrons. The zero-order valence-electron chi connectivity index (χ0n) is 13.2. The van der Waals surface area contributed by atoms with E-state index in [2.05, 4.69) is 36.7 Å². The Morgan fingerprint density at radius 3 is 2.88 bits per heavy atom. The van der Waals surface area contributed by atoms with Gasteiger partial charge in [0.15, 0.2) is 11.0 Å². The molecule has 0 spiro atoms. The Labute approximate surface area is 153 Å². The fourth-order valence-corrected chi connectivity index (χ4v) is 3.45. The van der Waals surface area contributed by atoms with Gasteiger partial charge in [0.1, 0.15) is 21.7 Å². The summed E-state index contributed by atoms with van der Waals surface area (Å²) < 4.78 is 1.93. The summed E-state index contributed by atoms with van der Waals surface area (Å²) in [6.45, 7) is 4.36. The molecule has 1 aliphatic carbocycles. The molecular formula is C16H14ClN7S. The predicted molar refractivity (Wildman–Crippen MR) is 94.4 cm³/mol. The summed E-state index contributed by atoms with van der Waals surface area (Å²) in [5.41, 5.74) is 0.656. The number of nitrogens with zero attached hydrogens (tertiary/aromatic N) is 7. The molecule has 0 atom stereocenters. The molecule has 0 aromatic carbocycles. The van der Waals surface area contributed by atoms with Gasteiger partial charge in [0.25, 0.3) is 0 Å². The van der Waals surface area contributed by atoms with Crippen molar-refractivity contribution in [1.29, 1.82) is 0 Å². The molecule has 0 saturated heterocycles. The van der Waals surface area contributed by atoms with E-state index in [0.29, 0.717) is 34.3 Å². The van der Waals surface area contributed by atoms with Crippen LogP contribution < -0.4 is 0 Å². The molecule has 1 fully saturated rings. The van der Waals surface area contributed by atoms with Crippen LogP contribution in [0.1, 0.15) is 24.6 Å². The van der Waals surface area contributed by atoms with Crippen molar-refractivity contribution >= 4 is 23.4 Å². The van der Waals surface area contributed by atoms with Crippen molar-refractivity contribution in [1.82, 2.24) is 34.7 Å². The predicted octanol–water partition coefficient (Wildman–Crippen LogP) is 3.39. The summed E-state index contributed by atoms with van der Waals surface area (Å²) in [5, 5.41) is 10.4. The number of allylic oxidation sites excluding steroid dienone is 1. The Morgan fingerprint density at radius 2 is 2.16 bits per heavy atom. The first-order chi connectivity index (χ1) is 12.2. The Hall–Kier alpha value is -2.32. The van der Waals surface area contributed by atoms with Gasteiger partial charge in [-0.25, -0.2) is 15.0 Å². The normalized spacial score (nSPS) is 13.8. The highest BCUT2D eigenvalue weighted by Gasteiger charge is 2.27. The topological polar surface area (TPSA) is 82.3 Å². The summed E-state index contributed by atoms with van der Waals surface area (Å²) in [7, 11) is 0. The first kappa shape index (κ1) is 16.2. The summed E-state index contributed by atoms with van der Waals surface area (Å²) in [4.78, 5) is 17.3. The van der Waals surface area contributed by atoms with Crippen LogP contribution in [0.5, 0.6) is 0 Å². The molecular weight excluding hydrogens is 358 g/mol. The third kappa shape index (κ3) is 3.54. The molecule has 3 aromatic rings. The number of hydrogen-bond donors (Lipinski definition) is 0. The molecule has 3 aromatic heterocycles. The highest BCUT2D eigenvalue weighted by atomic mass is 35.5. The van der Waals surface area contributed by atoms with Crippen LogP contribution in [-0.4, -0.2) is 34.7 Å².